The van der Waals surface area contributed by atoms with Crippen molar-refractivity contribution in [3.63, 3.8) is 0 Å². The molecule has 0 amide bonds. The van der Waals surface area contributed by atoms with Crippen LogP contribution < -0.4 is 0 Å². The number of nitrogens with zero attached hydrogens (tertiary/aromatic N) is 4. The Morgan fingerprint density at radius 2 is 1.00 bits per heavy atom. The molecule has 0 N–H and O–H groups in total. The summed E-state index contributed by atoms with van der Waals surface area (Å²) in [6.07, 6.45) is 0. The second-order valence-corrected chi connectivity index (χ2v) is 11.6. The van der Waals surface area contributed by atoms with E-state index >= 15 is 0 Å². The van der Waals surface area contributed by atoms with E-state index in [1.165, 1.54) is 0 Å². The Morgan fingerprint density at radius 1 is 0.413 bits per heavy atom. The molecule has 0 saturated carbocycles. The number of benzene rings is 7. The minimum atomic E-state index is 0.560. The molecule has 10 aromatic rings. The minimum absolute atomic E-state index is 0.560. The number of rotatable bonds is 3. The molecule has 0 atom stereocenters. The van der Waals surface area contributed by atoms with Gasteiger partial charge in [-0.25, -0.2) is 4.98 Å². The van der Waals surface area contributed by atoms with Crippen molar-refractivity contribution < 1.29 is 4.42 Å². The first-order valence-electron chi connectivity index (χ1n) is 15.4. The zero-order valence-electron chi connectivity index (χ0n) is 24.6. The van der Waals surface area contributed by atoms with Gasteiger partial charge in [-0.15, -0.1) is 0 Å². The summed E-state index contributed by atoms with van der Waals surface area (Å²) in [5.41, 5.74) is 5.65. The Balaban J connectivity index is 1.46. The van der Waals surface area contributed by atoms with E-state index in [9.17, 15) is 0 Å². The summed E-state index contributed by atoms with van der Waals surface area (Å²) in [5, 5.41) is 8.87. The average molecular weight is 589 g/mol. The van der Waals surface area contributed by atoms with E-state index in [0.29, 0.717) is 17.6 Å². The third-order valence-corrected chi connectivity index (χ3v) is 9.02. The number of aromatic nitrogens is 4. The van der Waals surface area contributed by atoms with Crippen molar-refractivity contribution in [1.29, 1.82) is 0 Å². The molecule has 0 aliphatic heterocycles. The zero-order chi connectivity index (χ0) is 30.2. The lowest BCUT2D eigenvalue weighted by molar-refractivity contribution is 0.673. The second kappa shape index (κ2) is 9.58. The van der Waals surface area contributed by atoms with Gasteiger partial charge < -0.3 is 4.42 Å². The summed E-state index contributed by atoms with van der Waals surface area (Å²) in [7, 11) is 0. The number of para-hydroxylation sites is 1. The third-order valence-electron chi connectivity index (χ3n) is 9.02. The highest BCUT2D eigenvalue weighted by atomic mass is 16.3. The minimum Gasteiger partial charge on any atom is -0.455 e. The summed E-state index contributed by atoms with van der Waals surface area (Å²) in [4.78, 5) is 15.4. The zero-order valence-corrected chi connectivity index (χ0v) is 24.6. The smallest absolute Gasteiger partial charge is 0.238 e. The summed E-state index contributed by atoms with van der Waals surface area (Å²) >= 11 is 0. The van der Waals surface area contributed by atoms with Gasteiger partial charge in [0.1, 0.15) is 11.2 Å². The molecule has 0 spiro atoms. The Kier molecular flexibility index (Phi) is 5.22. The van der Waals surface area contributed by atoms with E-state index in [0.717, 1.165) is 76.4 Å². The molecule has 3 aromatic heterocycles. The van der Waals surface area contributed by atoms with Crippen molar-refractivity contribution in [2.24, 2.45) is 0 Å². The fraction of sp³-hybridized carbons (Fsp3) is 0. The van der Waals surface area contributed by atoms with Crippen LogP contribution >= 0.6 is 0 Å². The van der Waals surface area contributed by atoms with Gasteiger partial charge in [-0.1, -0.05) is 140 Å². The fourth-order valence-electron chi connectivity index (χ4n) is 7.03. The number of hydrogen-bond donors (Lipinski definition) is 0. The Labute approximate surface area is 263 Å². The molecule has 3 heterocycles. The van der Waals surface area contributed by atoms with Crippen LogP contribution in [0.5, 0.6) is 0 Å². The molecule has 0 radical (unpaired) electrons. The van der Waals surface area contributed by atoms with Crippen LogP contribution in [0.25, 0.3) is 94.0 Å². The summed E-state index contributed by atoms with van der Waals surface area (Å²) in [6, 6.07) is 50.1. The highest BCUT2D eigenvalue weighted by molar-refractivity contribution is 6.36. The molecule has 5 nitrogen and oxygen atoms in total. The molecular formula is C41H24N4O. The topological polar surface area (TPSA) is 56.7 Å². The third kappa shape index (κ3) is 3.54. The van der Waals surface area contributed by atoms with Crippen LogP contribution in [0, 0.1) is 0 Å². The molecule has 10 rings (SSSR count). The summed E-state index contributed by atoms with van der Waals surface area (Å²) < 4.78 is 9.00. The van der Waals surface area contributed by atoms with E-state index in [2.05, 4.69) is 83.4 Å². The highest BCUT2D eigenvalue weighted by Gasteiger charge is 2.25. The first kappa shape index (κ1) is 25.0. The lowest BCUT2D eigenvalue weighted by Gasteiger charge is -2.13. The fourth-order valence-corrected chi connectivity index (χ4v) is 7.03. The number of fused-ring (bicyclic) bond motifs is 12. The lowest BCUT2D eigenvalue weighted by atomic mass is 9.99. The standard InChI is InChI=1S/C41H24N4O/c1-3-14-26(15-4-1)39-42-40(27-16-5-2-6-17-27)44-41(43-39)45-36-28-18-8-7-13-25(28)23-24-32(36)35-37(45)30-20-10-9-19-29(30)34-31-21-11-12-22-33(31)46-38(34)35/h1-24H. The summed E-state index contributed by atoms with van der Waals surface area (Å²) in [6.45, 7) is 0. The predicted molar refractivity (Wildman–Crippen MR) is 187 cm³/mol. The van der Waals surface area contributed by atoms with Gasteiger partial charge >= 0.3 is 0 Å². The molecule has 0 aliphatic carbocycles. The monoisotopic (exact) mass is 588 g/mol. The van der Waals surface area contributed by atoms with Gasteiger partial charge in [0.2, 0.25) is 5.95 Å². The van der Waals surface area contributed by atoms with Crippen LogP contribution in [0.1, 0.15) is 0 Å². The molecule has 0 fully saturated rings. The van der Waals surface area contributed by atoms with Crippen molar-refractivity contribution in [2.75, 3.05) is 0 Å². The summed E-state index contributed by atoms with van der Waals surface area (Å²) in [5.74, 6) is 1.80. The van der Waals surface area contributed by atoms with Crippen LogP contribution in [0.15, 0.2) is 150 Å². The molecule has 5 heteroatoms. The largest absolute Gasteiger partial charge is 0.455 e. The normalized spacial score (nSPS) is 11.9. The molecule has 7 aromatic carbocycles. The molecular weight excluding hydrogens is 564 g/mol. The average Bonchev–Trinajstić information content (AvgIpc) is 3.69. The van der Waals surface area contributed by atoms with E-state index < -0.39 is 0 Å². The Morgan fingerprint density at radius 3 is 1.72 bits per heavy atom. The van der Waals surface area contributed by atoms with Gasteiger partial charge in [0.25, 0.3) is 0 Å². The maximum atomic E-state index is 6.76. The van der Waals surface area contributed by atoms with Crippen molar-refractivity contribution in [3.05, 3.63) is 146 Å². The van der Waals surface area contributed by atoms with Crippen LogP contribution in [-0.4, -0.2) is 19.5 Å². The molecule has 46 heavy (non-hydrogen) atoms. The number of hydrogen-bond acceptors (Lipinski definition) is 4. The van der Waals surface area contributed by atoms with Crippen LogP contribution in [0.4, 0.5) is 0 Å². The second-order valence-electron chi connectivity index (χ2n) is 11.6. The molecule has 214 valence electrons. The van der Waals surface area contributed by atoms with Gasteiger partial charge in [-0.2, -0.15) is 9.97 Å². The first-order chi connectivity index (χ1) is 22.8. The van der Waals surface area contributed by atoms with Crippen LogP contribution in [0.3, 0.4) is 0 Å². The maximum absolute atomic E-state index is 6.76. The highest BCUT2D eigenvalue weighted by Crippen LogP contribution is 2.46. The molecule has 0 saturated heterocycles. The molecule has 0 bridgehead atoms. The van der Waals surface area contributed by atoms with Crippen molar-refractivity contribution in [3.8, 4) is 28.7 Å². The van der Waals surface area contributed by atoms with E-state index in [1.807, 2.05) is 66.7 Å². The predicted octanol–water partition coefficient (Wildman–Crippen LogP) is 10.5. The van der Waals surface area contributed by atoms with Crippen molar-refractivity contribution in [1.82, 2.24) is 19.5 Å². The van der Waals surface area contributed by atoms with Crippen molar-refractivity contribution >= 4 is 65.3 Å². The first-order valence-corrected chi connectivity index (χ1v) is 15.4. The van der Waals surface area contributed by atoms with E-state index in [1.54, 1.807) is 0 Å². The van der Waals surface area contributed by atoms with Gasteiger partial charge in [0, 0.05) is 38.1 Å². The molecule has 0 unspecified atom stereocenters. The van der Waals surface area contributed by atoms with Crippen LogP contribution in [-0.2, 0) is 0 Å². The lowest BCUT2D eigenvalue weighted by Crippen LogP contribution is -2.06. The Hall–Kier alpha value is -6.33. The van der Waals surface area contributed by atoms with Gasteiger partial charge in [-0.05, 0) is 16.8 Å². The quantitative estimate of drug-likeness (QED) is 0.206. The Bertz CT molecular complexity index is 2740. The van der Waals surface area contributed by atoms with Gasteiger partial charge in [0.15, 0.2) is 11.6 Å². The van der Waals surface area contributed by atoms with E-state index in [-0.39, 0.29) is 0 Å². The van der Waals surface area contributed by atoms with E-state index in [4.69, 9.17) is 19.4 Å². The van der Waals surface area contributed by atoms with Crippen LogP contribution in [0.2, 0.25) is 0 Å². The molecule has 0 aliphatic rings. The number of furan rings is 1. The van der Waals surface area contributed by atoms with Gasteiger partial charge in [-0.3, -0.25) is 4.57 Å². The maximum Gasteiger partial charge on any atom is 0.238 e. The van der Waals surface area contributed by atoms with Crippen molar-refractivity contribution in [2.45, 2.75) is 0 Å². The van der Waals surface area contributed by atoms with Gasteiger partial charge in [0.05, 0.1) is 16.4 Å². The SMILES string of the molecule is c1ccc(-c2nc(-c3ccccc3)nc(-n3c4c5ccccc5ccc4c4c5oc6ccccc6c5c5ccccc5c43)n2)cc1.